The van der Waals surface area contributed by atoms with Gasteiger partial charge in [0.2, 0.25) is 10.0 Å². The molecular formula is C13H18ClNO6S. The Morgan fingerprint density at radius 2 is 2.05 bits per heavy atom. The standard InChI is InChI=1S/C13H18ClNO6S/c1-8(7-20-3)21-11-5-4-10(14)6-12(11)22(18,19)15-9(2)13(16)17/h4-6,8-9,15H,7H2,1-3H3,(H,16,17). The van der Waals surface area contributed by atoms with Gasteiger partial charge in [-0.05, 0) is 32.0 Å². The highest BCUT2D eigenvalue weighted by molar-refractivity contribution is 7.89. The maximum Gasteiger partial charge on any atom is 0.321 e. The molecule has 2 unspecified atom stereocenters. The first kappa shape index (κ1) is 18.7. The van der Waals surface area contributed by atoms with Crippen LogP contribution in [0.25, 0.3) is 0 Å². The highest BCUT2D eigenvalue weighted by Gasteiger charge is 2.25. The molecule has 1 aromatic rings. The highest BCUT2D eigenvalue weighted by atomic mass is 35.5. The van der Waals surface area contributed by atoms with E-state index < -0.39 is 28.1 Å². The summed E-state index contributed by atoms with van der Waals surface area (Å²) in [7, 11) is -2.60. The second kappa shape index (κ2) is 7.77. The van der Waals surface area contributed by atoms with E-state index in [1.807, 2.05) is 4.72 Å². The Morgan fingerprint density at radius 1 is 1.41 bits per heavy atom. The van der Waals surface area contributed by atoms with Gasteiger partial charge in [0.1, 0.15) is 22.8 Å². The number of carboxylic acids is 1. The van der Waals surface area contributed by atoms with Gasteiger partial charge in [0.15, 0.2) is 0 Å². The van der Waals surface area contributed by atoms with Gasteiger partial charge >= 0.3 is 5.97 Å². The van der Waals surface area contributed by atoms with Crippen LogP contribution in [0.15, 0.2) is 23.1 Å². The number of nitrogens with one attached hydrogen (secondary N) is 1. The van der Waals surface area contributed by atoms with Gasteiger partial charge in [-0.1, -0.05) is 11.6 Å². The van der Waals surface area contributed by atoms with Crippen LogP contribution in [0, 0.1) is 0 Å². The summed E-state index contributed by atoms with van der Waals surface area (Å²) >= 11 is 5.83. The van der Waals surface area contributed by atoms with E-state index in [2.05, 4.69) is 0 Å². The van der Waals surface area contributed by atoms with Crippen molar-refractivity contribution >= 4 is 27.6 Å². The Balaban J connectivity index is 3.15. The molecule has 0 heterocycles. The summed E-state index contributed by atoms with van der Waals surface area (Å²) in [6, 6.07) is 2.81. The molecule has 22 heavy (non-hydrogen) atoms. The van der Waals surface area contributed by atoms with E-state index in [4.69, 9.17) is 26.2 Å². The molecule has 0 fully saturated rings. The van der Waals surface area contributed by atoms with Gasteiger partial charge in [-0.15, -0.1) is 0 Å². The molecule has 0 aliphatic rings. The first-order chi connectivity index (χ1) is 10.2. The van der Waals surface area contributed by atoms with Crippen LogP contribution in [0.1, 0.15) is 13.8 Å². The second-order valence-electron chi connectivity index (χ2n) is 4.66. The predicted octanol–water partition coefficient (Wildman–Crippen LogP) is 1.51. The third kappa shape index (κ3) is 5.13. The maximum atomic E-state index is 12.3. The lowest BCUT2D eigenvalue weighted by atomic mass is 10.3. The summed E-state index contributed by atoms with van der Waals surface area (Å²) in [5, 5.41) is 9.02. The molecule has 7 nitrogen and oxygen atoms in total. The van der Waals surface area contributed by atoms with Gasteiger partial charge in [-0.2, -0.15) is 4.72 Å². The first-order valence-corrected chi connectivity index (χ1v) is 8.23. The van der Waals surface area contributed by atoms with E-state index in [0.29, 0.717) is 0 Å². The fourth-order valence-electron chi connectivity index (χ4n) is 1.62. The maximum absolute atomic E-state index is 12.3. The number of methoxy groups -OCH3 is 1. The summed E-state index contributed by atoms with van der Waals surface area (Å²) < 4.78 is 37.1. The molecule has 0 aromatic heterocycles. The predicted molar refractivity (Wildman–Crippen MR) is 80.8 cm³/mol. The fourth-order valence-corrected chi connectivity index (χ4v) is 3.21. The van der Waals surface area contributed by atoms with Crippen LogP contribution < -0.4 is 9.46 Å². The van der Waals surface area contributed by atoms with Crippen molar-refractivity contribution in [2.45, 2.75) is 30.9 Å². The molecule has 0 aliphatic heterocycles. The lowest BCUT2D eigenvalue weighted by Crippen LogP contribution is -2.38. The van der Waals surface area contributed by atoms with Crippen molar-refractivity contribution in [3.05, 3.63) is 23.2 Å². The van der Waals surface area contributed by atoms with E-state index in [9.17, 15) is 13.2 Å². The lowest BCUT2D eigenvalue weighted by Gasteiger charge is -2.18. The monoisotopic (exact) mass is 351 g/mol. The number of sulfonamides is 1. The number of halogens is 1. The van der Waals surface area contributed by atoms with E-state index >= 15 is 0 Å². The van der Waals surface area contributed by atoms with Crippen LogP contribution in [0.3, 0.4) is 0 Å². The van der Waals surface area contributed by atoms with Crippen molar-refractivity contribution in [3.8, 4) is 5.75 Å². The van der Waals surface area contributed by atoms with E-state index in [1.165, 1.54) is 32.2 Å². The lowest BCUT2D eigenvalue weighted by molar-refractivity contribution is -0.138. The van der Waals surface area contributed by atoms with Crippen LogP contribution in [0.5, 0.6) is 5.75 Å². The van der Waals surface area contributed by atoms with Gasteiger partial charge in [-0.3, -0.25) is 4.79 Å². The Kier molecular flexibility index (Phi) is 6.61. The number of aliphatic carboxylic acids is 1. The topological polar surface area (TPSA) is 102 Å². The first-order valence-electron chi connectivity index (χ1n) is 6.37. The number of rotatable bonds is 8. The fraction of sp³-hybridized carbons (Fsp3) is 0.462. The van der Waals surface area contributed by atoms with Crippen molar-refractivity contribution in [3.63, 3.8) is 0 Å². The molecule has 0 spiro atoms. The minimum absolute atomic E-state index is 0.0686. The normalized spacial score (nSPS) is 14.4. The van der Waals surface area contributed by atoms with Crippen molar-refractivity contribution in [1.82, 2.24) is 4.72 Å². The quantitative estimate of drug-likeness (QED) is 0.736. The molecular weight excluding hydrogens is 334 g/mol. The minimum Gasteiger partial charge on any atom is -0.487 e. The largest absolute Gasteiger partial charge is 0.487 e. The molecule has 124 valence electrons. The van der Waals surface area contributed by atoms with Crippen LogP contribution >= 0.6 is 11.6 Å². The Labute approximate surface area is 134 Å². The van der Waals surface area contributed by atoms with Crippen molar-refractivity contribution in [2.24, 2.45) is 0 Å². The number of carbonyl (C=O) groups is 1. The number of hydrogen-bond donors (Lipinski definition) is 2. The molecule has 0 bridgehead atoms. The average Bonchev–Trinajstić information content (AvgIpc) is 2.40. The number of hydrogen-bond acceptors (Lipinski definition) is 5. The highest BCUT2D eigenvalue weighted by Crippen LogP contribution is 2.28. The van der Waals surface area contributed by atoms with Crippen LogP contribution in [0.2, 0.25) is 5.02 Å². The molecule has 0 saturated heterocycles. The summed E-state index contributed by atoms with van der Waals surface area (Å²) in [5.41, 5.74) is 0. The molecule has 1 aromatic carbocycles. The van der Waals surface area contributed by atoms with Gasteiger partial charge in [-0.25, -0.2) is 8.42 Å². The van der Waals surface area contributed by atoms with E-state index in [-0.39, 0.29) is 22.3 Å². The van der Waals surface area contributed by atoms with Crippen LogP contribution in [-0.4, -0.2) is 45.4 Å². The Bertz CT molecular complexity index is 633. The summed E-state index contributed by atoms with van der Waals surface area (Å²) in [6.07, 6.45) is -0.392. The molecule has 0 radical (unpaired) electrons. The van der Waals surface area contributed by atoms with Crippen molar-refractivity contribution < 1.29 is 27.8 Å². The zero-order valence-electron chi connectivity index (χ0n) is 12.4. The average molecular weight is 352 g/mol. The van der Waals surface area contributed by atoms with E-state index in [1.54, 1.807) is 6.92 Å². The van der Waals surface area contributed by atoms with E-state index in [0.717, 1.165) is 0 Å². The SMILES string of the molecule is COCC(C)Oc1ccc(Cl)cc1S(=O)(=O)NC(C)C(=O)O. The van der Waals surface area contributed by atoms with Crippen molar-refractivity contribution in [1.29, 1.82) is 0 Å². The summed E-state index contributed by atoms with van der Waals surface area (Å²) in [6.45, 7) is 3.20. The van der Waals surface area contributed by atoms with Gasteiger partial charge in [0.25, 0.3) is 0 Å². The molecule has 2 N–H and O–H groups in total. The summed E-state index contributed by atoms with van der Waals surface area (Å²) in [5.74, 6) is -1.22. The minimum atomic E-state index is -4.10. The molecule has 9 heteroatoms. The smallest absolute Gasteiger partial charge is 0.321 e. The zero-order chi connectivity index (χ0) is 16.9. The van der Waals surface area contributed by atoms with Gasteiger partial charge in [0.05, 0.1) is 6.61 Å². The zero-order valence-corrected chi connectivity index (χ0v) is 13.9. The van der Waals surface area contributed by atoms with Gasteiger partial charge in [0, 0.05) is 12.1 Å². The summed E-state index contributed by atoms with van der Waals surface area (Å²) in [4.78, 5) is 10.6. The van der Waals surface area contributed by atoms with Crippen LogP contribution in [-0.2, 0) is 19.6 Å². The van der Waals surface area contributed by atoms with Crippen molar-refractivity contribution in [2.75, 3.05) is 13.7 Å². The molecule has 2 atom stereocenters. The Hall–Kier alpha value is -1.35. The molecule has 1 rings (SSSR count). The molecule has 0 saturated carbocycles. The van der Waals surface area contributed by atoms with Crippen LogP contribution in [0.4, 0.5) is 0 Å². The Morgan fingerprint density at radius 3 is 2.59 bits per heavy atom. The van der Waals surface area contributed by atoms with Gasteiger partial charge < -0.3 is 14.6 Å². The molecule has 0 amide bonds. The molecule has 0 aliphatic carbocycles. The number of carboxylic acid groups (broad SMARTS) is 1. The second-order valence-corrected chi connectivity index (χ2v) is 6.77. The third-order valence-electron chi connectivity index (χ3n) is 2.63. The third-order valence-corrected chi connectivity index (χ3v) is 4.42. The number of benzene rings is 1. The number of ether oxygens (including phenoxy) is 2.